The molecule has 2 unspecified atom stereocenters. The van der Waals surface area contributed by atoms with Gasteiger partial charge >= 0.3 is 7.82 Å². The summed E-state index contributed by atoms with van der Waals surface area (Å²) in [4.78, 5) is 9.39. The minimum absolute atomic E-state index is 0.00436. The Morgan fingerprint density at radius 3 is 1.74 bits per heavy atom. The summed E-state index contributed by atoms with van der Waals surface area (Å²) in [6.07, 6.45) is 20.0. The molecule has 0 bridgehead atoms. The van der Waals surface area contributed by atoms with Crippen LogP contribution in [0.25, 0.3) is 0 Å². The molecule has 0 aromatic carbocycles. The maximum Gasteiger partial charge on any atom is 0.472 e. The van der Waals surface area contributed by atoms with Crippen LogP contribution in [0.5, 0.6) is 0 Å². The molecule has 34 heavy (non-hydrogen) atoms. The first-order valence-electron chi connectivity index (χ1n) is 13.6. The largest absolute Gasteiger partial charge is 0.472 e. The van der Waals surface area contributed by atoms with E-state index in [1.54, 1.807) is 7.11 Å². The Morgan fingerprint density at radius 1 is 0.765 bits per heavy atom. The smallest absolute Gasteiger partial charge is 0.388 e. The van der Waals surface area contributed by atoms with E-state index in [1.807, 2.05) is 0 Å². The molecule has 206 valence electrons. The second-order valence-electron chi connectivity index (χ2n) is 9.17. The molecule has 9 heteroatoms. The van der Waals surface area contributed by atoms with E-state index >= 15 is 0 Å². The van der Waals surface area contributed by atoms with Gasteiger partial charge in [0, 0.05) is 13.7 Å². The van der Waals surface area contributed by atoms with Crippen molar-refractivity contribution in [3.63, 3.8) is 0 Å². The summed E-state index contributed by atoms with van der Waals surface area (Å²) in [6, 6.07) is 0. The summed E-state index contributed by atoms with van der Waals surface area (Å²) in [5.74, 6) is 0. The van der Waals surface area contributed by atoms with Crippen LogP contribution in [-0.2, 0) is 23.1 Å². The molecule has 0 fully saturated rings. The minimum atomic E-state index is -4.18. The molecule has 0 spiro atoms. The van der Waals surface area contributed by atoms with Crippen molar-refractivity contribution in [1.29, 1.82) is 0 Å². The van der Waals surface area contributed by atoms with E-state index < -0.39 is 13.9 Å². The van der Waals surface area contributed by atoms with Gasteiger partial charge in [-0.1, -0.05) is 103 Å². The van der Waals surface area contributed by atoms with Crippen molar-refractivity contribution in [2.24, 2.45) is 5.73 Å². The first-order valence-corrected chi connectivity index (χ1v) is 15.0. The minimum Gasteiger partial charge on any atom is -0.388 e. The van der Waals surface area contributed by atoms with Crippen LogP contribution in [0, 0.1) is 0 Å². The van der Waals surface area contributed by atoms with Crippen molar-refractivity contribution < 1.29 is 33.1 Å². The molecule has 3 atom stereocenters. The van der Waals surface area contributed by atoms with Crippen molar-refractivity contribution >= 4 is 7.82 Å². The van der Waals surface area contributed by atoms with Gasteiger partial charge in [-0.3, -0.25) is 9.05 Å². The Bertz CT molecular complexity index is 471. The van der Waals surface area contributed by atoms with E-state index in [2.05, 4.69) is 11.4 Å². The summed E-state index contributed by atoms with van der Waals surface area (Å²) in [6.45, 7) is 2.30. The van der Waals surface area contributed by atoms with E-state index in [-0.39, 0.29) is 32.5 Å². The van der Waals surface area contributed by atoms with Crippen LogP contribution in [-0.4, -0.2) is 62.3 Å². The fourth-order valence-corrected chi connectivity index (χ4v) is 4.55. The summed E-state index contributed by atoms with van der Waals surface area (Å²) >= 11 is 0. The highest BCUT2D eigenvalue weighted by atomic mass is 31.2. The van der Waals surface area contributed by atoms with Crippen molar-refractivity contribution in [1.82, 2.24) is 0 Å². The van der Waals surface area contributed by atoms with Gasteiger partial charge in [0.05, 0.1) is 32.5 Å². The average Bonchev–Trinajstić information content (AvgIpc) is 2.82. The maximum atomic E-state index is 11.5. The molecule has 0 saturated carbocycles. The molecule has 0 rings (SSSR count). The maximum absolute atomic E-state index is 11.5. The van der Waals surface area contributed by atoms with E-state index in [4.69, 9.17) is 19.7 Å². The van der Waals surface area contributed by atoms with Crippen LogP contribution < -0.4 is 5.73 Å². The lowest BCUT2D eigenvalue weighted by atomic mass is 10.0. The zero-order chi connectivity index (χ0) is 25.3. The monoisotopic (exact) mass is 511 g/mol. The molecule has 0 amide bonds. The molecule has 0 heterocycles. The van der Waals surface area contributed by atoms with E-state index in [0.717, 1.165) is 12.8 Å². The van der Waals surface area contributed by atoms with Crippen LogP contribution in [0.15, 0.2) is 0 Å². The molecule has 0 aliphatic heterocycles. The molecule has 8 nitrogen and oxygen atoms in total. The van der Waals surface area contributed by atoms with Crippen molar-refractivity contribution in [2.45, 2.75) is 122 Å². The number of hydrogen-bond acceptors (Lipinski definition) is 7. The first-order chi connectivity index (χ1) is 16.4. The van der Waals surface area contributed by atoms with Crippen molar-refractivity contribution in [3.05, 3.63) is 0 Å². The van der Waals surface area contributed by atoms with Crippen LogP contribution >= 0.6 is 7.82 Å². The number of unbranched alkanes of at least 4 members (excludes halogenated alkanes) is 14. The fourth-order valence-electron chi connectivity index (χ4n) is 3.78. The quantitative estimate of drug-likeness (QED) is 0.0944. The lowest BCUT2D eigenvalue weighted by Gasteiger charge is -2.18. The third-order valence-corrected chi connectivity index (χ3v) is 6.86. The van der Waals surface area contributed by atoms with Gasteiger partial charge in [-0.15, -0.1) is 0 Å². The highest BCUT2D eigenvalue weighted by Gasteiger charge is 2.22. The SMILES string of the molecule is CCCCCCCCCCCCCCCCCC(COC[C@@H](O)COP(=O)(O)OCCN)OC. The number of methoxy groups -OCH3 is 1. The number of phosphoric ester groups is 1. The van der Waals surface area contributed by atoms with Crippen LogP contribution in [0.1, 0.15) is 110 Å². The van der Waals surface area contributed by atoms with Gasteiger partial charge in [0.1, 0.15) is 6.10 Å². The molecule has 0 aliphatic rings. The Kier molecular flexibility index (Phi) is 24.6. The molecule has 0 aromatic heterocycles. The Balaban J connectivity index is 3.52. The van der Waals surface area contributed by atoms with Gasteiger partial charge in [0.15, 0.2) is 0 Å². The van der Waals surface area contributed by atoms with Crippen LogP contribution in [0.4, 0.5) is 0 Å². The van der Waals surface area contributed by atoms with E-state index in [1.165, 1.54) is 89.9 Å². The van der Waals surface area contributed by atoms with Crippen LogP contribution in [0.3, 0.4) is 0 Å². The molecular weight excluding hydrogens is 457 g/mol. The predicted octanol–water partition coefficient (Wildman–Crippen LogP) is 5.73. The summed E-state index contributed by atoms with van der Waals surface area (Å²) in [5.41, 5.74) is 5.21. The van der Waals surface area contributed by atoms with Gasteiger partial charge < -0.3 is 25.2 Å². The highest BCUT2D eigenvalue weighted by Crippen LogP contribution is 2.42. The van der Waals surface area contributed by atoms with Crippen molar-refractivity contribution in [2.75, 3.05) is 40.1 Å². The highest BCUT2D eigenvalue weighted by molar-refractivity contribution is 7.47. The normalized spacial score (nSPS) is 15.3. The van der Waals surface area contributed by atoms with E-state index in [9.17, 15) is 14.6 Å². The van der Waals surface area contributed by atoms with E-state index in [0.29, 0.717) is 6.61 Å². The zero-order valence-electron chi connectivity index (χ0n) is 22.0. The number of phosphoric acid groups is 1. The van der Waals surface area contributed by atoms with Gasteiger partial charge in [-0.05, 0) is 6.42 Å². The standard InChI is InChI=1S/C25H54NO7P/c1-3-4-5-6-7-8-9-10-11-12-13-14-15-16-17-18-25(30-2)23-31-21-24(27)22-33-34(28,29)32-20-19-26/h24-25,27H,3-23,26H2,1-2H3,(H,28,29)/t24-,25?/m1/s1. The van der Waals surface area contributed by atoms with Crippen molar-refractivity contribution in [3.8, 4) is 0 Å². The molecule has 0 aliphatic carbocycles. The summed E-state index contributed by atoms with van der Waals surface area (Å²) in [7, 11) is -2.52. The van der Waals surface area contributed by atoms with Gasteiger partial charge in [0.25, 0.3) is 0 Å². The average molecular weight is 512 g/mol. The number of hydrogen-bond donors (Lipinski definition) is 3. The molecular formula is C25H54NO7P. The topological polar surface area (TPSA) is 120 Å². The first kappa shape index (κ1) is 34.0. The zero-order valence-corrected chi connectivity index (χ0v) is 22.9. The Hall–Kier alpha value is -0.0500. The number of nitrogens with two attached hydrogens (primary N) is 1. The number of aliphatic hydroxyl groups excluding tert-OH is 1. The summed E-state index contributed by atoms with van der Waals surface area (Å²) in [5, 5.41) is 9.84. The third-order valence-electron chi connectivity index (χ3n) is 5.88. The third kappa shape index (κ3) is 23.7. The predicted molar refractivity (Wildman–Crippen MR) is 138 cm³/mol. The molecule has 4 N–H and O–H groups in total. The number of rotatable bonds is 27. The number of aliphatic hydroxyl groups is 1. The van der Waals surface area contributed by atoms with Gasteiger partial charge in [-0.2, -0.15) is 0 Å². The number of ether oxygens (including phenoxy) is 2. The second-order valence-corrected chi connectivity index (χ2v) is 10.6. The van der Waals surface area contributed by atoms with Gasteiger partial charge in [-0.25, -0.2) is 4.57 Å². The Labute approximate surface area is 208 Å². The second kappa shape index (κ2) is 24.6. The van der Waals surface area contributed by atoms with Gasteiger partial charge in [0.2, 0.25) is 0 Å². The summed E-state index contributed by atoms with van der Waals surface area (Å²) < 4.78 is 31.8. The lowest BCUT2D eigenvalue weighted by Crippen LogP contribution is -2.26. The lowest BCUT2D eigenvalue weighted by molar-refractivity contribution is -0.0386. The molecule has 0 aromatic rings. The fraction of sp³-hybridized carbons (Fsp3) is 1.00. The molecule has 0 radical (unpaired) electrons. The molecule has 0 saturated heterocycles. The van der Waals surface area contributed by atoms with Crippen LogP contribution in [0.2, 0.25) is 0 Å². The Morgan fingerprint density at radius 2 is 1.26 bits per heavy atom.